The van der Waals surface area contributed by atoms with E-state index in [4.69, 9.17) is 0 Å². The third-order valence-corrected chi connectivity index (χ3v) is 19.4. The Kier molecular flexibility index (Phi) is 10.7. The molecule has 0 aliphatic heterocycles. The second kappa shape index (κ2) is 18.8. The summed E-state index contributed by atoms with van der Waals surface area (Å²) in [6.07, 6.45) is 0. The maximum Gasteiger partial charge on any atom is 0.0541 e. The van der Waals surface area contributed by atoms with Gasteiger partial charge in [-0.05, 0) is 162 Å². The Balaban J connectivity index is 0.775. The van der Waals surface area contributed by atoms with Gasteiger partial charge >= 0.3 is 0 Å². The molecular weight excluding hydrogens is 1030 g/mol. The molecular formula is C78H48N2S2. The average Bonchev–Trinajstić information content (AvgIpc) is 3.17. The van der Waals surface area contributed by atoms with Gasteiger partial charge in [-0.15, -0.1) is 22.7 Å². The molecule has 3 heterocycles. The highest BCUT2D eigenvalue weighted by Crippen LogP contribution is 2.45. The van der Waals surface area contributed by atoms with Crippen LogP contribution in [0.5, 0.6) is 0 Å². The molecule has 2 nitrogen and oxygen atoms in total. The lowest BCUT2D eigenvalue weighted by Crippen LogP contribution is -2.09. The van der Waals surface area contributed by atoms with Gasteiger partial charge in [-0.2, -0.15) is 0 Å². The van der Waals surface area contributed by atoms with E-state index in [1.165, 1.54) is 133 Å². The summed E-state index contributed by atoms with van der Waals surface area (Å²) in [5.74, 6) is 0. The van der Waals surface area contributed by atoms with Gasteiger partial charge in [0.15, 0.2) is 0 Å². The Labute approximate surface area is 481 Å². The standard InChI is InChI=1S/C78H48N2S2/c1-2-14-55(15-3-1)79(57-40-34-52(35-41-57)60-23-13-25-69-67-21-9-11-27-76(67)82-78(60)69)56-38-32-50(33-39-56)54-37-45-74-72(47-54)71-46-53(49-28-30-51(31-29-49)59-22-12-24-68-66-20-8-10-26-75(66)81-77(59)68)36-44-73(71)80(74)58-42-43-65-63-18-5-4-16-61(63)62-17-6-7-19-64(62)70(65)48-58/h1-48H. The fourth-order valence-electron chi connectivity index (χ4n) is 13.1. The molecule has 0 saturated heterocycles. The van der Waals surface area contributed by atoms with E-state index in [0.717, 1.165) is 28.3 Å². The lowest BCUT2D eigenvalue weighted by Gasteiger charge is -2.26. The van der Waals surface area contributed by atoms with Crippen molar-refractivity contribution in [3.05, 3.63) is 291 Å². The number of fused-ring (bicyclic) bond motifs is 15. The van der Waals surface area contributed by atoms with Crippen LogP contribution in [0.2, 0.25) is 0 Å². The van der Waals surface area contributed by atoms with Gasteiger partial charge in [0.05, 0.1) is 11.0 Å². The number of anilines is 3. The van der Waals surface area contributed by atoms with Crippen molar-refractivity contribution >= 4 is 134 Å². The first-order valence-corrected chi connectivity index (χ1v) is 29.7. The van der Waals surface area contributed by atoms with E-state index in [2.05, 4.69) is 301 Å². The van der Waals surface area contributed by atoms with Crippen molar-refractivity contribution in [2.75, 3.05) is 4.90 Å². The van der Waals surface area contributed by atoms with Crippen molar-refractivity contribution in [1.29, 1.82) is 0 Å². The number of thiophene rings is 2. The van der Waals surface area contributed by atoms with E-state index in [-0.39, 0.29) is 0 Å². The number of para-hydroxylation sites is 1. The average molecular weight is 1080 g/mol. The summed E-state index contributed by atoms with van der Waals surface area (Å²) in [6.45, 7) is 0. The minimum Gasteiger partial charge on any atom is -0.311 e. The lowest BCUT2D eigenvalue weighted by atomic mass is 9.94. The Morgan fingerprint density at radius 3 is 1.12 bits per heavy atom. The first-order chi connectivity index (χ1) is 40.6. The van der Waals surface area contributed by atoms with Gasteiger partial charge in [0.2, 0.25) is 0 Å². The van der Waals surface area contributed by atoms with Gasteiger partial charge in [-0.1, -0.05) is 206 Å². The molecule has 0 aliphatic rings. The van der Waals surface area contributed by atoms with Crippen molar-refractivity contribution < 1.29 is 0 Å². The minimum atomic E-state index is 1.10. The highest BCUT2D eigenvalue weighted by molar-refractivity contribution is 7.26. The van der Waals surface area contributed by atoms with Gasteiger partial charge in [0.1, 0.15) is 0 Å². The number of benzene rings is 14. The summed E-state index contributed by atoms with van der Waals surface area (Å²) >= 11 is 3.76. The molecule has 17 aromatic rings. The van der Waals surface area contributed by atoms with E-state index >= 15 is 0 Å². The molecule has 0 fully saturated rings. The van der Waals surface area contributed by atoms with Crippen LogP contribution in [0.1, 0.15) is 0 Å². The fraction of sp³-hybridized carbons (Fsp3) is 0. The first kappa shape index (κ1) is 46.8. The summed E-state index contributed by atoms with van der Waals surface area (Å²) in [6, 6.07) is 108. The smallest absolute Gasteiger partial charge is 0.0541 e. The zero-order valence-corrected chi connectivity index (χ0v) is 46.1. The van der Waals surface area contributed by atoms with Crippen LogP contribution in [0.25, 0.3) is 145 Å². The van der Waals surface area contributed by atoms with Gasteiger partial charge < -0.3 is 9.47 Å². The maximum absolute atomic E-state index is 2.48. The second-order valence-corrected chi connectivity index (χ2v) is 23.6. The Morgan fingerprint density at radius 1 is 0.232 bits per heavy atom. The summed E-state index contributed by atoms with van der Waals surface area (Å²) < 4.78 is 7.78. The Morgan fingerprint density at radius 2 is 0.610 bits per heavy atom. The van der Waals surface area contributed by atoms with Crippen LogP contribution in [-0.4, -0.2) is 4.57 Å². The maximum atomic E-state index is 2.48. The monoisotopic (exact) mass is 1080 g/mol. The topological polar surface area (TPSA) is 8.17 Å². The number of hydrogen-bond acceptors (Lipinski definition) is 3. The molecule has 382 valence electrons. The number of hydrogen-bond donors (Lipinski definition) is 0. The summed E-state index contributed by atoms with van der Waals surface area (Å²) in [4.78, 5) is 2.36. The highest BCUT2D eigenvalue weighted by Gasteiger charge is 2.20. The molecule has 14 aromatic carbocycles. The van der Waals surface area contributed by atoms with Crippen molar-refractivity contribution in [3.63, 3.8) is 0 Å². The third-order valence-electron chi connectivity index (χ3n) is 17.0. The number of rotatable bonds is 8. The fourth-order valence-corrected chi connectivity index (χ4v) is 15.6. The number of aromatic nitrogens is 1. The van der Waals surface area contributed by atoms with Crippen LogP contribution >= 0.6 is 22.7 Å². The van der Waals surface area contributed by atoms with E-state index in [1.807, 2.05) is 22.7 Å². The Bertz CT molecular complexity index is 5340. The van der Waals surface area contributed by atoms with Crippen molar-refractivity contribution in [2.45, 2.75) is 0 Å². The molecule has 0 unspecified atom stereocenters. The van der Waals surface area contributed by atoms with Crippen molar-refractivity contribution in [1.82, 2.24) is 4.57 Å². The molecule has 0 bridgehead atoms. The van der Waals surface area contributed by atoms with Crippen molar-refractivity contribution in [2.24, 2.45) is 0 Å². The molecule has 0 atom stereocenters. The zero-order chi connectivity index (χ0) is 53.8. The first-order valence-electron chi connectivity index (χ1n) is 28.0. The molecule has 0 spiro atoms. The second-order valence-electron chi connectivity index (χ2n) is 21.5. The number of nitrogens with zero attached hydrogens (tertiary/aromatic N) is 2. The highest BCUT2D eigenvalue weighted by atomic mass is 32.1. The van der Waals surface area contributed by atoms with E-state index < -0.39 is 0 Å². The third kappa shape index (κ3) is 7.46. The van der Waals surface area contributed by atoms with Gasteiger partial charge in [0, 0.05) is 73.9 Å². The van der Waals surface area contributed by atoms with Gasteiger partial charge in [0.25, 0.3) is 0 Å². The largest absolute Gasteiger partial charge is 0.311 e. The molecule has 3 aromatic heterocycles. The zero-order valence-electron chi connectivity index (χ0n) is 44.4. The normalized spacial score (nSPS) is 11.9. The van der Waals surface area contributed by atoms with Gasteiger partial charge in [-0.25, -0.2) is 0 Å². The van der Waals surface area contributed by atoms with E-state index in [0.29, 0.717) is 0 Å². The molecule has 17 rings (SSSR count). The van der Waals surface area contributed by atoms with Crippen LogP contribution in [0.4, 0.5) is 17.1 Å². The van der Waals surface area contributed by atoms with Crippen LogP contribution in [0, 0.1) is 0 Å². The van der Waals surface area contributed by atoms with Gasteiger partial charge in [-0.3, -0.25) is 0 Å². The van der Waals surface area contributed by atoms with Crippen LogP contribution in [0.3, 0.4) is 0 Å². The SMILES string of the molecule is c1ccc(N(c2ccc(-c3ccc4c(c3)c3cc(-c5ccc(-c6cccc7c6sc6ccccc67)cc5)ccc3n4-c3ccc4c5ccccc5c5ccccc5c4c3)cc2)c2ccc(-c3cccc4c3sc3ccccc34)cc2)cc1. The summed E-state index contributed by atoms with van der Waals surface area (Å²) in [7, 11) is 0. The molecule has 82 heavy (non-hydrogen) atoms. The predicted octanol–water partition coefficient (Wildman–Crippen LogP) is 23.1. The molecule has 4 heteroatoms. The lowest BCUT2D eigenvalue weighted by molar-refractivity contribution is 1.19. The van der Waals surface area contributed by atoms with Crippen LogP contribution in [0.15, 0.2) is 291 Å². The van der Waals surface area contributed by atoms with E-state index in [9.17, 15) is 0 Å². The Hall–Kier alpha value is -10.1. The minimum absolute atomic E-state index is 1.10. The predicted molar refractivity (Wildman–Crippen MR) is 356 cm³/mol. The van der Waals surface area contributed by atoms with E-state index in [1.54, 1.807) is 0 Å². The quantitative estimate of drug-likeness (QED) is 0.138. The molecule has 0 aliphatic carbocycles. The molecule has 0 N–H and O–H groups in total. The molecule has 0 saturated carbocycles. The van der Waals surface area contributed by atoms with Crippen molar-refractivity contribution in [3.8, 4) is 50.2 Å². The molecule has 0 radical (unpaired) electrons. The van der Waals surface area contributed by atoms with Crippen LogP contribution in [-0.2, 0) is 0 Å². The molecule has 0 amide bonds. The van der Waals surface area contributed by atoms with Crippen LogP contribution < -0.4 is 4.90 Å². The summed E-state index contributed by atoms with van der Waals surface area (Å²) in [5, 5.41) is 15.3. The summed E-state index contributed by atoms with van der Waals surface area (Å²) in [5.41, 5.74) is 16.5.